The molecular weight excluding hydrogens is 374 g/mol. The quantitative estimate of drug-likeness (QED) is 0.731. The number of benzene rings is 2. The third-order valence-corrected chi connectivity index (χ3v) is 5.81. The molecule has 2 atom stereocenters. The zero-order valence-electron chi connectivity index (χ0n) is 14.2. The SMILES string of the molecule is CC(c1ccc(Br)cc1)(c1cccc2cccnc12)C1CNCC[N]1. The molecule has 3 aromatic rings. The van der Waals surface area contributed by atoms with Crippen LogP contribution in [0.5, 0.6) is 0 Å². The molecule has 0 amide bonds. The Balaban J connectivity index is 1.94. The molecule has 1 aliphatic rings. The van der Waals surface area contributed by atoms with Crippen molar-refractivity contribution in [3.8, 4) is 0 Å². The number of rotatable bonds is 3. The Morgan fingerprint density at radius 1 is 1.08 bits per heavy atom. The van der Waals surface area contributed by atoms with Crippen LogP contribution in [0.15, 0.2) is 65.3 Å². The van der Waals surface area contributed by atoms with Crippen molar-refractivity contribution in [3.05, 3.63) is 76.4 Å². The van der Waals surface area contributed by atoms with Crippen molar-refractivity contribution >= 4 is 26.8 Å². The van der Waals surface area contributed by atoms with E-state index in [2.05, 4.69) is 76.7 Å². The molecule has 0 saturated carbocycles. The van der Waals surface area contributed by atoms with Gasteiger partial charge in [0.2, 0.25) is 0 Å². The maximum Gasteiger partial charge on any atom is 0.0743 e. The topological polar surface area (TPSA) is 39.0 Å². The average molecular weight is 395 g/mol. The molecule has 0 bridgehead atoms. The van der Waals surface area contributed by atoms with Gasteiger partial charge in [0, 0.05) is 41.1 Å². The third kappa shape index (κ3) is 2.99. The highest BCUT2D eigenvalue weighted by Crippen LogP contribution is 2.39. The zero-order chi connectivity index (χ0) is 17.3. The van der Waals surface area contributed by atoms with E-state index in [1.165, 1.54) is 16.5 Å². The fourth-order valence-corrected chi connectivity index (χ4v) is 4.10. The Kier molecular flexibility index (Phi) is 4.59. The second-order valence-electron chi connectivity index (χ2n) is 6.72. The molecule has 4 rings (SSSR count). The smallest absolute Gasteiger partial charge is 0.0743 e. The Bertz CT molecular complexity index is 866. The molecule has 1 saturated heterocycles. The third-order valence-electron chi connectivity index (χ3n) is 5.28. The minimum Gasteiger partial charge on any atom is -0.314 e. The van der Waals surface area contributed by atoms with E-state index >= 15 is 0 Å². The van der Waals surface area contributed by atoms with Crippen molar-refractivity contribution in [3.63, 3.8) is 0 Å². The lowest BCUT2D eigenvalue weighted by Gasteiger charge is -2.41. The van der Waals surface area contributed by atoms with Gasteiger partial charge in [-0.3, -0.25) is 4.98 Å². The maximum atomic E-state index is 4.98. The van der Waals surface area contributed by atoms with Crippen LogP contribution in [0.4, 0.5) is 0 Å². The Hall–Kier alpha value is -1.75. The first-order chi connectivity index (χ1) is 12.2. The van der Waals surface area contributed by atoms with Gasteiger partial charge in [-0.25, -0.2) is 5.32 Å². The number of hydrogen-bond acceptors (Lipinski definition) is 2. The van der Waals surface area contributed by atoms with Crippen LogP contribution in [-0.2, 0) is 5.41 Å². The number of pyridine rings is 1. The molecule has 1 aliphatic heterocycles. The van der Waals surface area contributed by atoms with Crippen LogP contribution in [-0.4, -0.2) is 30.7 Å². The molecule has 1 N–H and O–H groups in total. The van der Waals surface area contributed by atoms with Crippen LogP contribution in [0.25, 0.3) is 10.9 Å². The summed E-state index contributed by atoms with van der Waals surface area (Å²) in [5.41, 5.74) is 3.34. The molecule has 127 valence electrons. The lowest BCUT2D eigenvalue weighted by Crippen LogP contribution is -2.54. The van der Waals surface area contributed by atoms with Gasteiger partial charge in [-0.1, -0.05) is 52.3 Å². The minimum absolute atomic E-state index is 0.176. The average Bonchev–Trinajstić information content (AvgIpc) is 2.68. The summed E-state index contributed by atoms with van der Waals surface area (Å²) in [4.78, 5) is 4.71. The molecule has 3 nitrogen and oxygen atoms in total. The van der Waals surface area contributed by atoms with E-state index in [1.54, 1.807) is 0 Å². The summed E-state index contributed by atoms with van der Waals surface area (Å²) in [6.07, 6.45) is 1.88. The summed E-state index contributed by atoms with van der Waals surface area (Å²) < 4.78 is 1.09. The largest absolute Gasteiger partial charge is 0.314 e. The summed E-state index contributed by atoms with van der Waals surface area (Å²) >= 11 is 3.56. The lowest BCUT2D eigenvalue weighted by atomic mass is 9.69. The highest BCUT2D eigenvalue weighted by molar-refractivity contribution is 9.10. The van der Waals surface area contributed by atoms with Crippen molar-refractivity contribution in [2.24, 2.45) is 0 Å². The van der Waals surface area contributed by atoms with E-state index in [-0.39, 0.29) is 11.5 Å². The second-order valence-corrected chi connectivity index (χ2v) is 7.63. The van der Waals surface area contributed by atoms with Gasteiger partial charge in [-0.05, 0) is 36.2 Å². The Labute approximate surface area is 157 Å². The minimum atomic E-state index is -0.234. The van der Waals surface area contributed by atoms with Gasteiger partial charge in [0.1, 0.15) is 0 Å². The van der Waals surface area contributed by atoms with Gasteiger partial charge in [0.05, 0.1) is 11.6 Å². The van der Waals surface area contributed by atoms with Crippen LogP contribution >= 0.6 is 15.9 Å². The Morgan fingerprint density at radius 3 is 2.64 bits per heavy atom. The standard InChI is InChI=1S/C21H21BrN3/c1-21(19-14-23-12-13-24-19,16-7-9-17(22)10-8-16)18-6-2-4-15-5-3-11-25-20(15)18/h2-11,19,23H,12-14H2,1H3. The van der Waals surface area contributed by atoms with Crippen molar-refractivity contribution in [2.75, 3.05) is 19.6 Å². The number of nitrogens with zero attached hydrogens (tertiary/aromatic N) is 2. The van der Waals surface area contributed by atoms with Crippen LogP contribution in [0.2, 0.25) is 0 Å². The van der Waals surface area contributed by atoms with Crippen molar-refractivity contribution in [1.29, 1.82) is 0 Å². The summed E-state index contributed by atoms with van der Waals surface area (Å²) in [6, 6.07) is 19.4. The number of nitrogens with one attached hydrogen (secondary N) is 1. The fourth-order valence-electron chi connectivity index (χ4n) is 3.84. The summed E-state index contributed by atoms with van der Waals surface area (Å²) in [7, 11) is 0. The van der Waals surface area contributed by atoms with Gasteiger partial charge in [-0.2, -0.15) is 0 Å². The second kappa shape index (κ2) is 6.87. The Morgan fingerprint density at radius 2 is 1.88 bits per heavy atom. The van der Waals surface area contributed by atoms with Gasteiger partial charge in [0.25, 0.3) is 0 Å². The van der Waals surface area contributed by atoms with Crippen molar-refractivity contribution in [2.45, 2.75) is 18.4 Å². The summed E-state index contributed by atoms with van der Waals surface area (Å²) in [5.74, 6) is 0. The number of hydrogen-bond donors (Lipinski definition) is 1. The predicted molar refractivity (Wildman–Crippen MR) is 106 cm³/mol. The summed E-state index contributed by atoms with van der Waals surface area (Å²) in [5, 5.41) is 9.67. The molecule has 2 aromatic carbocycles. The molecule has 0 spiro atoms. The van der Waals surface area contributed by atoms with Gasteiger partial charge < -0.3 is 5.32 Å². The zero-order valence-corrected chi connectivity index (χ0v) is 15.8. The molecule has 4 heteroatoms. The predicted octanol–water partition coefficient (Wildman–Crippen LogP) is 3.88. The van der Waals surface area contributed by atoms with E-state index < -0.39 is 0 Å². The number of aromatic nitrogens is 1. The van der Waals surface area contributed by atoms with Gasteiger partial charge in [0.15, 0.2) is 0 Å². The summed E-state index contributed by atoms with van der Waals surface area (Å²) in [6.45, 7) is 5.01. The monoisotopic (exact) mass is 394 g/mol. The van der Waals surface area contributed by atoms with Gasteiger partial charge in [-0.15, -0.1) is 0 Å². The maximum absolute atomic E-state index is 4.98. The fraction of sp³-hybridized carbons (Fsp3) is 0.286. The first-order valence-corrected chi connectivity index (χ1v) is 9.46. The molecule has 2 heterocycles. The molecule has 1 radical (unpaired) electrons. The lowest BCUT2D eigenvalue weighted by molar-refractivity contribution is 0.311. The molecule has 25 heavy (non-hydrogen) atoms. The molecule has 2 unspecified atom stereocenters. The van der Waals surface area contributed by atoms with E-state index in [0.29, 0.717) is 0 Å². The number of halogens is 1. The highest BCUT2D eigenvalue weighted by Gasteiger charge is 2.40. The van der Waals surface area contributed by atoms with Gasteiger partial charge >= 0.3 is 0 Å². The first-order valence-electron chi connectivity index (χ1n) is 8.67. The highest BCUT2D eigenvalue weighted by atomic mass is 79.9. The van der Waals surface area contributed by atoms with Crippen LogP contribution in [0, 0.1) is 0 Å². The molecule has 0 aliphatic carbocycles. The van der Waals surface area contributed by atoms with Crippen LogP contribution in [0.1, 0.15) is 18.1 Å². The van der Waals surface area contributed by atoms with Crippen LogP contribution < -0.4 is 10.6 Å². The van der Waals surface area contributed by atoms with Crippen molar-refractivity contribution < 1.29 is 0 Å². The molecular formula is C21H21BrN3. The van der Waals surface area contributed by atoms with E-state index in [9.17, 15) is 0 Å². The molecule has 1 aromatic heterocycles. The normalized spacial score (nSPS) is 20.3. The van der Waals surface area contributed by atoms with Crippen LogP contribution in [0.3, 0.4) is 0 Å². The number of piperazine rings is 1. The van der Waals surface area contributed by atoms with Crippen molar-refractivity contribution in [1.82, 2.24) is 15.6 Å². The van der Waals surface area contributed by atoms with E-state index in [1.807, 2.05) is 12.3 Å². The molecule has 1 fully saturated rings. The van der Waals surface area contributed by atoms with E-state index in [0.717, 1.165) is 29.6 Å². The number of fused-ring (bicyclic) bond motifs is 1. The first kappa shape index (κ1) is 16.7. The number of para-hydroxylation sites is 1. The van der Waals surface area contributed by atoms with E-state index in [4.69, 9.17) is 10.3 Å².